The maximum Gasteiger partial charge on any atom is 0.0688 e. The van der Waals surface area contributed by atoms with Gasteiger partial charge in [-0.05, 0) is 44.8 Å². The molecule has 0 heterocycles. The van der Waals surface area contributed by atoms with Crippen LogP contribution < -0.4 is 0 Å². The average molecular weight is 238 g/mol. The molecular formula is C16H14O2. The highest BCUT2D eigenvalue weighted by Crippen LogP contribution is 2.29. The highest BCUT2D eigenvalue weighted by atomic mass is 16.3. The molecule has 0 aliphatic rings. The van der Waals surface area contributed by atoms with Gasteiger partial charge in [-0.15, -0.1) is 0 Å². The van der Waals surface area contributed by atoms with E-state index in [0.29, 0.717) is 0 Å². The number of benzene rings is 3. The summed E-state index contributed by atoms with van der Waals surface area (Å²) >= 11 is 0. The molecule has 0 fully saturated rings. The first-order valence-electron chi connectivity index (χ1n) is 5.98. The highest BCUT2D eigenvalue weighted by molar-refractivity contribution is 6.09. The summed E-state index contributed by atoms with van der Waals surface area (Å²) in [6.45, 7) is 0.0629. The van der Waals surface area contributed by atoms with Crippen molar-refractivity contribution in [3.8, 4) is 0 Å². The van der Waals surface area contributed by atoms with Crippen molar-refractivity contribution >= 4 is 21.5 Å². The van der Waals surface area contributed by atoms with E-state index in [2.05, 4.69) is 6.07 Å². The van der Waals surface area contributed by atoms with Crippen molar-refractivity contribution in [2.75, 3.05) is 0 Å². The maximum atomic E-state index is 9.47. The van der Waals surface area contributed by atoms with Crippen molar-refractivity contribution in [2.45, 2.75) is 13.2 Å². The van der Waals surface area contributed by atoms with Crippen LogP contribution in [0.1, 0.15) is 11.1 Å². The largest absolute Gasteiger partial charge is 0.392 e. The number of aliphatic hydroxyl groups excluding tert-OH is 2. The Kier molecular flexibility index (Phi) is 2.74. The second kappa shape index (κ2) is 4.41. The zero-order valence-electron chi connectivity index (χ0n) is 9.93. The first-order chi connectivity index (χ1) is 8.83. The minimum atomic E-state index is 0.0276. The molecule has 0 radical (unpaired) electrons. The molecule has 0 aliphatic heterocycles. The van der Waals surface area contributed by atoms with E-state index in [1.807, 2.05) is 42.5 Å². The maximum absolute atomic E-state index is 9.47. The normalized spacial score (nSPS) is 11.2. The van der Waals surface area contributed by atoms with Crippen molar-refractivity contribution in [2.24, 2.45) is 0 Å². The minimum absolute atomic E-state index is 0.0276. The van der Waals surface area contributed by atoms with E-state index in [0.717, 1.165) is 32.7 Å². The van der Waals surface area contributed by atoms with Crippen LogP contribution in [0, 0.1) is 0 Å². The zero-order valence-corrected chi connectivity index (χ0v) is 9.93. The molecule has 0 saturated carbocycles. The van der Waals surface area contributed by atoms with E-state index in [1.165, 1.54) is 0 Å². The molecule has 0 amide bonds. The Bertz CT molecular complexity index is 717. The standard InChI is InChI=1S/C16H14O2/c17-9-11-5-6-15-13(10-18)8-12-3-1-2-4-14(12)16(15)7-11/h1-8,17-18H,9-10H2. The fourth-order valence-corrected chi connectivity index (χ4v) is 2.46. The Morgan fingerprint density at radius 3 is 2.33 bits per heavy atom. The molecule has 0 aromatic heterocycles. The van der Waals surface area contributed by atoms with Crippen LogP contribution in [-0.2, 0) is 13.2 Å². The van der Waals surface area contributed by atoms with Gasteiger partial charge in [0.05, 0.1) is 13.2 Å². The molecule has 3 aromatic rings. The summed E-state index contributed by atoms with van der Waals surface area (Å²) in [5.41, 5.74) is 1.82. The number of rotatable bonds is 2. The Morgan fingerprint density at radius 1 is 0.722 bits per heavy atom. The fraction of sp³-hybridized carbons (Fsp3) is 0.125. The SMILES string of the molecule is OCc1ccc2c(CO)cc3ccccc3c2c1. The third kappa shape index (κ3) is 1.67. The quantitative estimate of drug-likeness (QED) is 0.674. The van der Waals surface area contributed by atoms with Crippen LogP contribution in [0.25, 0.3) is 21.5 Å². The average Bonchev–Trinajstić information content (AvgIpc) is 2.45. The topological polar surface area (TPSA) is 40.5 Å². The zero-order chi connectivity index (χ0) is 12.5. The molecule has 2 N–H and O–H groups in total. The molecule has 2 heteroatoms. The second-order valence-corrected chi connectivity index (χ2v) is 4.45. The summed E-state index contributed by atoms with van der Waals surface area (Å²) < 4.78 is 0. The van der Waals surface area contributed by atoms with Crippen molar-refractivity contribution in [3.05, 3.63) is 59.7 Å². The number of fused-ring (bicyclic) bond motifs is 3. The first-order valence-corrected chi connectivity index (χ1v) is 5.98. The van der Waals surface area contributed by atoms with Crippen molar-refractivity contribution in [3.63, 3.8) is 0 Å². The smallest absolute Gasteiger partial charge is 0.0688 e. The predicted octanol–water partition coefficient (Wildman–Crippen LogP) is 2.98. The van der Waals surface area contributed by atoms with Crippen LogP contribution in [0.15, 0.2) is 48.5 Å². The van der Waals surface area contributed by atoms with Crippen molar-refractivity contribution in [1.82, 2.24) is 0 Å². The lowest BCUT2D eigenvalue weighted by Gasteiger charge is -2.10. The lowest BCUT2D eigenvalue weighted by molar-refractivity contribution is 0.282. The Labute approximate surface area is 105 Å². The lowest BCUT2D eigenvalue weighted by atomic mass is 9.96. The van der Waals surface area contributed by atoms with Crippen molar-refractivity contribution < 1.29 is 10.2 Å². The molecule has 3 aromatic carbocycles. The Morgan fingerprint density at radius 2 is 1.56 bits per heavy atom. The number of aliphatic hydroxyl groups is 2. The number of hydrogen-bond acceptors (Lipinski definition) is 2. The molecule has 0 bridgehead atoms. The molecule has 3 rings (SSSR count). The number of hydrogen-bond donors (Lipinski definition) is 2. The van der Waals surface area contributed by atoms with Crippen LogP contribution in [0.5, 0.6) is 0 Å². The molecule has 90 valence electrons. The summed E-state index contributed by atoms with van der Waals surface area (Å²) in [5.74, 6) is 0. The van der Waals surface area contributed by atoms with Crippen LogP contribution >= 0.6 is 0 Å². The van der Waals surface area contributed by atoms with Crippen LogP contribution in [-0.4, -0.2) is 10.2 Å². The van der Waals surface area contributed by atoms with E-state index < -0.39 is 0 Å². The van der Waals surface area contributed by atoms with Gasteiger partial charge in [-0.25, -0.2) is 0 Å². The van der Waals surface area contributed by atoms with Gasteiger partial charge in [-0.2, -0.15) is 0 Å². The van der Waals surface area contributed by atoms with Gasteiger partial charge in [0, 0.05) is 0 Å². The van der Waals surface area contributed by atoms with Gasteiger partial charge in [0.1, 0.15) is 0 Å². The molecular weight excluding hydrogens is 224 g/mol. The van der Waals surface area contributed by atoms with E-state index in [1.54, 1.807) is 0 Å². The lowest BCUT2D eigenvalue weighted by Crippen LogP contribution is -1.90. The van der Waals surface area contributed by atoms with Crippen LogP contribution in [0.2, 0.25) is 0 Å². The fourth-order valence-electron chi connectivity index (χ4n) is 2.46. The molecule has 0 atom stereocenters. The highest BCUT2D eigenvalue weighted by Gasteiger charge is 2.06. The molecule has 0 spiro atoms. The monoisotopic (exact) mass is 238 g/mol. The van der Waals surface area contributed by atoms with E-state index in [9.17, 15) is 10.2 Å². The van der Waals surface area contributed by atoms with Gasteiger partial charge in [0.2, 0.25) is 0 Å². The van der Waals surface area contributed by atoms with Gasteiger partial charge in [0.15, 0.2) is 0 Å². The molecule has 0 unspecified atom stereocenters. The van der Waals surface area contributed by atoms with Gasteiger partial charge in [0.25, 0.3) is 0 Å². The Balaban J connectivity index is 2.49. The molecule has 0 aliphatic carbocycles. The second-order valence-electron chi connectivity index (χ2n) is 4.45. The summed E-state index contributed by atoms with van der Waals surface area (Å²) in [6, 6.07) is 16.0. The predicted molar refractivity (Wildman–Crippen MR) is 73.3 cm³/mol. The van der Waals surface area contributed by atoms with Gasteiger partial charge in [-0.3, -0.25) is 0 Å². The molecule has 18 heavy (non-hydrogen) atoms. The first kappa shape index (κ1) is 11.2. The molecule has 2 nitrogen and oxygen atoms in total. The Hall–Kier alpha value is -1.90. The van der Waals surface area contributed by atoms with E-state index in [4.69, 9.17) is 0 Å². The third-order valence-electron chi connectivity index (χ3n) is 3.36. The van der Waals surface area contributed by atoms with Gasteiger partial charge >= 0.3 is 0 Å². The van der Waals surface area contributed by atoms with Crippen LogP contribution in [0.4, 0.5) is 0 Å². The minimum Gasteiger partial charge on any atom is -0.392 e. The third-order valence-corrected chi connectivity index (χ3v) is 3.36. The van der Waals surface area contributed by atoms with Crippen LogP contribution in [0.3, 0.4) is 0 Å². The molecule has 0 saturated heterocycles. The summed E-state index contributed by atoms with van der Waals surface area (Å²) in [6.07, 6.45) is 0. The van der Waals surface area contributed by atoms with Gasteiger partial charge < -0.3 is 10.2 Å². The summed E-state index contributed by atoms with van der Waals surface area (Å²) in [4.78, 5) is 0. The summed E-state index contributed by atoms with van der Waals surface area (Å²) in [5, 5.41) is 23.1. The van der Waals surface area contributed by atoms with E-state index >= 15 is 0 Å². The van der Waals surface area contributed by atoms with Crippen molar-refractivity contribution in [1.29, 1.82) is 0 Å². The van der Waals surface area contributed by atoms with E-state index in [-0.39, 0.29) is 13.2 Å². The summed E-state index contributed by atoms with van der Waals surface area (Å²) in [7, 11) is 0. The van der Waals surface area contributed by atoms with Gasteiger partial charge in [-0.1, -0.05) is 36.4 Å².